The maximum Gasteiger partial charge on any atom is 0.128 e. The normalized spacial score (nSPS) is 18.0. The van der Waals surface area contributed by atoms with E-state index in [0.717, 1.165) is 31.1 Å². The SMILES string of the molecule is Cc1ccnc(N2CCC[C@@H](c3nccn3Cc3cscn3)C2)c1. The van der Waals surface area contributed by atoms with Crippen LogP contribution < -0.4 is 4.90 Å². The van der Waals surface area contributed by atoms with E-state index >= 15 is 0 Å². The smallest absolute Gasteiger partial charge is 0.128 e. The third kappa shape index (κ3) is 3.19. The van der Waals surface area contributed by atoms with E-state index in [4.69, 9.17) is 0 Å². The Morgan fingerprint density at radius 1 is 1.25 bits per heavy atom. The van der Waals surface area contributed by atoms with E-state index in [-0.39, 0.29) is 0 Å². The highest BCUT2D eigenvalue weighted by atomic mass is 32.1. The molecule has 1 saturated heterocycles. The van der Waals surface area contributed by atoms with Crippen molar-refractivity contribution in [2.75, 3.05) is 18.0 Å². The van der Waals surface area contributed by atoms with Crippen LogP contribution in [0.2, 0.25) is 0 Å². The number of aryl methyl sites for hydroxylation is 1. The minimum absolute atomic E-state index is 0.440. The minimum atomic E-state index is 0.440. The monoisotopic (exact) mass is 339 g/mol. The van der Waals surface area contributed by atoms with Gasteiger partial charge in [-0.15, -0.1) is 11.3 Å². The Labute approximate surface area is 146 Å². The number of hydrogen-bond acceptors (Lipinski definition) is 5. The van der Waals surface area contributed by atoms with Gasteiger partial charge in [-0.1, -0.05) is 0 Å². The predicted octanol–water partition coefficient (Wildman–Crippen LogP) is 3.48. The van der Waals surface area contributed by atoms with E-state index in [2.05, 4.69) is 49.0 Å². The molecule has 0 unspecified atom stereocenters. The number of imidazole rings is 1. The molecule has 0 aromatic carbocycles. The highest BCUT2D eigenvalue weighted by molar-refractivity contribution is 7.07. The van der Waals surface area contributed by atoms with Gasteiger partial charge in [0.15, 0.2) is 0 Å². The molecule has 0 saturated carbocycles. The van der Waals surface area contributed by atoms with Gasteiger partial charge in [-0.05, 0) is 37.5 Å². The minimum Gasteiger partial charge on any atom is -0.356 e. The van der Waals surface area contributed by atoms with Crippen LogP contribution in [0.3, 0.4) is 0 Å². The van der Waals surface area contributed by atoms with E-state index in [1.165, 1.54) is 24.2 Å². The highest BCUT2D eigenvalue weighted by Gasteiger charge is 2.25. The summed E-state index contributed by atoms with van der Waals surface area (Å²) in [4.78, 5) is 16.0. The number of piperidine rings is 1. The molecule has 6 heteroatoms. The summed E-state index contributed by atoms with van der Waals surface area (Å²) in [7, 11) is 0. The highest BCUT2D eigenvalue weighted by Crippen LogP contribution is 2.29. The molecule has 0 N–H and O–H groups in total. The lowest BCUT2D eigenvalue weighted by molar-refractivity contribution is 0.473. The first-order valence-electron chi connectivity index (χ1n) is 8.35. The Morgan fingerprint density at radius 3 is 3.04 bits per heavy atom. The Kier molecular flexibility index (Phi) is 4.30. The van der Waals surface area contributed by atoms with Crippen molar-refractivity contribution >= 4 is 17.2 Å². The number of aromatic nitrogens is 4. The Morgan fingerprint density at radius 2 is 2.21 bits per heavy atom. The lowest BCUT2D eigenvalue weighted by Crippen LogP contribution is -2.36. The van der Waals surface area contributed by atoms with Crippen LogP contribution in [-0.2, 0) is 6.54 Å². The summed E-state index contributed by atoms with van der Waals surface area (Å²) in [6.07, 6.45) is 8.22. The van der Waals surface area contributed by atoms with Crippen molar-refractivity contribution in [1.29, 1.82) is 0 Å². The predicted molar refractivity (Wildman–Crippen MR) is 96.6 cm³/mol. The molecule has 4 heterocycles. The molecule has 24 heavy (non-hydrogen) atoms. The van der Waals surface area contributed by atoms with Gasteiger partial charge < -0.3 is 9.47 Å². The van der Waals surface area contributed by atoms with E-state index in [9.17, 15) is 0 Å². The summed E-state index contributed by atoms with van der Waals surface area (Å²) in [6.45, 7) is 4.97. The van der Waals surface area contributed by atoms with Crippen molar-refractivity contribution in [3.05, 3.63) is 58.7 Å². The second-order valence-electron chi connectivity index (χ2n) is 6.37. The number of thiazole rings is 1. The summed E-state index contributed by atoms with van der Waals surface area (Å²) in [5.41, 5.74) is 4.25. The summed E-state index contributed by atoms with van der Waals surface area (Å²) in [5.74, 6) is 2.69. The molecule has 1 aliphatic rings. The van der Waals surface area contributed by atoms with E-state index in [1.807, 2.05) is 24.0 Å². The second-order valence-corrected chi connectivity index (χ2v) is 7.09. The van der Waals surface area contributed by atoms with Crippen LogP contribution >= 0.6 is 11.3 Å². The zero-order valence-electron chi connectivity index (χ0n) is 13.8. The molecule has 1 atom stereocenters. The van der Waals surface area contributed by atoms with E-state index < -0.39 is 0 Å². The van der Waals surface area contributed by atoms with Crippen molar-refractivity contribution in [2.45, 2.75) is 32.2 Å². The lowest BCUT2D eigenvalue weighted by atomic mass is 9.97. The standard InChI is InChI=1S/C18H21N5S/c1-14-4-5-19-17(9-14)22-7-2-3-15(10-22)18-20-6-8-23(18)11-16-12-24-13-21-16/h4-6,8-9,12-13,15H,2-3,7,10-11H2,1H3/t15-/m1/s1. The van der Waals surface area contributed by atoms with Crippen LogP contribution in [0, 0.1) is 6.92 Å². The van der Waals surface area contributed by atoms with Crippen molar-refractivity contribution in [1.82, 2.24) is 19.5 Å². The van der Waals surface area contributed by atoms with Crippen LogP contribution in [-0.4, -0.2) is 32.6 Å². The average molecular weight is 339 g/mol. The van der Waals surface area contributed by atoms with Gasteiger partial charge >= 0.3 is 0 Å². The maximum atomic E-state index is 4.66. The Hall–Kier alpha value is -2.21. The lowest BCUT2D eigenvalue weighted by Gasteiger charge is -2.33. The quantitative estimate of drug-likeness (QED) is 0.730. The molecular formula is C18H21N5S. The van der Waals surface area contributed by atoms with Crippen molar-refractivity contribution in [3.8, 4) is 0 Å². The molecule has 4 rings (SSSR count). The number of nitrogens with zero attached hydrogens (tertiary/aromatic N) is 5. The van der Waals surface area contributed by atoms with Gasteiger partial charge in [0.2, 0.25) is 0 Å². The summed E-state index contributed by atoms with van der Waals surface area (Å²) in [5, 5.41) is 2.10. The van der Waals surface area contributed by atoms with Crippen molar-refractivity contribution in [2.24, 2.45) is 0 Å². The molecule has 0 radical (unpaired) electrons. The zero-order valence-corrected chi connectivity index (χ0v) is 14.6. The summed E-state index contributed by atoms with van der Waals surface area (Å²) >= 11 is 1.64. The zero-order chi connectivity index (χ0) is 16.4. The van der Waals surface area contributed by atoms with Crippen LogP contribution in [0.25, 0.3) is 0 Å². The Balaban J connectivity index is 1.53. The van der Waals surface area contributed by atoms with Crippen LogP contribution in [0.5, 0.6) is 0 Å². The number of anilines is 1. The number of pyridine rings is 1. The van der Waals surface area contributed by atoms with Crippen LogP contribution in [0.4, 0.5) is 5.82 Å². The number of rotatable bonds is 4. The third-order valence-electron chi connectivity index (χ3n) is 4.58. The van der Waals surface area contributed by atoms with E-state index in [0.29, 0.717) is 5.92 Å². The van der Waals surface area contributed by atoms with Gasteiger partial charge in [-0.2, -0.15) is 0 Å². The topological polar surface area (TPSA) is 46.8 Å². The van der Waals surface area contributed by atoms with E-state index in [1.54, 1.807) is 11.3 Å². The molecule has 0 bridgehead atoms. The van der Waals surface area contributed by atoms with Gasteiger partial charge in [0.25, 0.3) is 0 Å². The van der Waals surface area contributed by atoms with Crippen molar-refractivity contribution < 1.29 is 0 Å². The maximum absolute atomic E-state index is 4.66. The molecule has 3 aromatic heterocycles. The van der Waals surface area contributed by atoms with Gasteiger partial charge in [0, 0.05) is 43.0 Å². The molecular weight excluding hydrogens is 318 g/mol. The first kappa shape index (κ1) is 15.3. The fraction of sp³-hybridized carbons (Fsp3) is 0.389. The van der Waals surface area contributed by atoms with Crippen molar-refractivity contribution in [3.63, 3.8) is 0 Å². The van der Waals surface area contributed by atoms with Gasteiger partial charge in [0.1, 0.15) is 11.6 Å². The van der Waals surface area contributed by atoms with Gasteiger partial charge in [-0.25, -0.2) is 15.0 Å². The van der Waals surface area contributed by atoms with Crippen LogP contribution in [0.1, 0.15) is 35.8 Å². The average Bonchev–Trinajstić information content (AvgIpc) is 3.27. The fourth-order valence-corrected chi connectivity index (χ4v) is 3.94. The second kappa shape index (κ2) is 6.73. The third-order valence-corrected chi connectivity index (χ3v) is 5.21. The largest absolute Gasteiger partial charge is 0.356 e. The fourth-order valence-electron chi connectivity index (χ4n) is 3.39. The number of hydrogen-bond donors (Lipinski definition) is 0. The molecule has 0 aliphatic carbocycles. The summed E-state index contributed by atoms with van der Waals surface area (Å²) < 4.78 is 2.24. The van der Waals surface area contributed by atoms with Crippen LogP contribution in [0.15, 0.2) is 41.6 Å². The molecule has 0 spiro atoms. The molecule has 124 valence electrons. The molecule has 1 fully saturated rings. The van der Waals surface area contributed by atoms with Gasteiger partial charge in [0.05, 0.1) is 17.7 Å². The molecule has 5 nitrogen and oxygen atoms in total. The van der Waals surface area contributed by atoms with Gasteiger partial charge in [-0.3, -0.25) is 0 Å². The molecule has 3 aromatic rings. The first-order chi connectivity index (χ1) is 11.8. The molecule has 0 amide bonds. The first-order valence-corrected chi connectivity index (χ1v) is 9.29. The Bertz CT molecular complexity index is 795. The molecule has 1 aliphatic heterocycles. The summed E-state index contributed by atoms with van der Waals surface area (Å²) in [6, 6.07) is 4.22.